The van der Waals surface area contributed by atoms with Crippen LogP contribution in [0, 0.1) is 10.8 Å². The quantitative estimate of drug-likeness (QED) is 0.320. The van der Waals surface area contributed by atoms with Gasteiger partial charge in [0.05, 0.1) is 11.1 Å². The lowest BCUT2D eigenvalue weighted by molar-refractivity contribution is 0.174. The van der Waals surface area contributed by atoms with Gasteiger partial charge in [0.25, 0.3) is 0 Å². The number of azo groups is 1. The molecule has 0 aromatic rings. The second kappa shape index (κ2) is 9.34. The summed E-state index contributed by atoms with van der Waals surface area (Å²) in [5, 5.41) is 9.95. The Hall–Kier alpha value is -0.400. The Bertz CT molecular complexity index is 343. The summed E-state index contributed by atoms with van der Waals surface area (Å²) in [6.07, 6.45) is 9.23. The summed E-state index contributed by atoms with van der Waals surface area (Å²) >= 11 is 0. The average molecular weight is 339 g/mol. The van der Waals surface area contributed by atoms with Crippen LogP contribution in [0.25, 0.3) is 0 Å². The molecule has 0 radical (unpaired) electrons. The minimum Gasteiger partial charge on any atom is -0.187 e. The Kier molecular flexibility index (Phi) is 9.18. The van der Waals surface area contributed by atoms with Gasteiger partial charge in [-0.1, -0.05) is 81.1 Å². The zero-order chi connectivity index (χ0) is 19.1. The van der Waals surface area contributed by atoms with Crippen molar-refractivity contribution in [1.82, 2.24) is 0 Å². The molecule has 0 amide bonds. The van der Waals surface area contributed by atoms with Gasteiger partial charge in [-0.15, -0.1) is 0 Å². The molecule has 0 aromatic carbocycles. The fourth-order valence-corrected chi connectivity index (χ4v) is 3.54. The van der Waals surface area contributed by atoms with Crippen molar-refractivity contribution in [3.05, 3.63) is 0 Å². The van der Waals surface area contributed by atoms with E-state index in [0.717, 1.165) is 25.7 Å². The van der Waals surface area contributed by atoms with Gasteiger partial charge in [0.1, 0.15) is 0 Å². The number of nitrogens with zero attached hydrogens (tertiary/aromatic N) is 2. The van der Waals surface area contributed by atoms with E-state index in [4.69, 9.17) is 10.2 Å². The van der Waals surface area contributed by atoms with Gasteiger partial charge in [-0.2, -0.15) is 10.2 Å². The van der Waals surface area contributed by atoms with Crippen LogP contribution in [0.1, 0.15) is 121 Å². The van der Waals surface area contributed by atoms with Crippen LogP contribution in [-0.4, -0.2) is 11.1 Å². The van der Waals surface area contributed by atoms with Crippen LogP contribution in [0.15, 0.2) is 10.2 Å². The van der Waals surface area contributed by atoms with Crippen LogP contribution in [0.2, 0.25) is 0 Å². The van der Waals surface area contributed by atoms with E-state index in [9.17, 15) is 0 Å². The minimum atomic E-state index is -0.0357. The molecule has 144 valence electrons. The highest BCUT2D eigenvalue weighted by Crippen LogP contribution is 2.41. The number of hydrogen-bond acceptors (Lipinski definition) is 2. The molecular formula is C22H46N2. The molecule has 2 heteroatoms. The average Bonchev–Trinajstić information content (AvgIpc) is 2.59. The molecule has 0 aliphatic heterocycles. The monoisotopic (exact) mass is 338 g/mol. The van der Waals surface area contributed by atoms with Crippen molar-refractivity contribution in [2.24, 2.45) is 21.1 Å². The predicted molar refractivity (Wildman–Crippen MR) is 109 cm³/mol. The summed E-state index contributed by atoms with van der Waals surface area (Å²) in [6, 6.07) is 0. The highest BCUT2D eigenvalue weighted by molar-refractivity contribution is 4.92. The summed E-state index contributed by atoms with van der Waals surface area (Å²) in [5.41, 5.74) is 0.666. The zero-order valence-electron chi connectivity index (χ0n) is 18.6. The van der Waals surface area contributed by atoms with E-state index >= 15 is 0 Å². The lowest BCUT2D eigenvalue weighted by Crippen LogP contribution is -2.33. The normalized spacial score (nSPS) is 18.6. The Balaban J connectivity index is 5.38. The highest BCUT2D eigenvalue weighted by atomic mass is 15.2. The molecule has 0 bridgehead atoms. The second-order valence-electron chi connectivity index (χ2n) is 9.29. The zero-order valence-corrected chi connectivity index (χ0v) is 18.6. The number of rotatable bonds is 12. The molecule has 0 spiro atoms. The van der Waals surface area contributed by atoms with Gasteiger partial charge in [-0.3, -0.25) is 0 Å². The van der Waals surface area contributed by atoms with E-state index in [0.29, 0.717) is 10.8 Å². The first-order valence-corrected chi connectivity index (χ1v) is 10.4. The standard InChI is InChI=1S/C22H46N2/c1-11-19(7,12-2)17-21(9,15-5)23-24-22(10,16-6)18-20(8,13-3)14-4/h11-18H2,1-10H3/b24-23+. The molecule has 0 fully saturated rings. The van der Waals surface area contributed by atoms with Crippen molar-refractivity contribution in [3.8, 4) is 0 Å². The van der Waals surface area contributed by atoms with E-state index in [1.165, 1.54) is 25.7 Å². The first-order chi connectivity index (χ1) is 11.0. The Morgan fingerprint density at radius 3 is 0.875 bits per heavy atom. The third-order valence-electron chi connectivity index (χ3n) is 7.09. The molecule has 2 atom stereocenters. The molecular weight excluding hydrogens is 292 g/mol. The maximum absolute atomic E-state index is 4.98. The first-order valence-electron chi connectivity index (χ1n) is 10.4. The summed E-state index contributed by atoms with van der Waals surface area (Å²) in [6.45, 7) is 23.2. The van der Waals surface area contributed by atoms with Crippen LogP contribution >= 0.6 is 0 Å². The molecule has 24 heavy (non-hydrogen) atoms. The van der Waals surface area contributed by atoms with Gasteiger partial charge in [0, 0.05) is 0 Å². The van der Waals surface area contributed by atoms with Crippen molar-refractivity contribution in [2.75, 3.05) is 0 Å². The van der Waals surface area contributed by atoms with Crippen molar-refractivity contribution < 1.29 is 0 Å². The van der Waals surface area contributed by atoms with Crippen LogP contribution in [0.3, 0.4) is 0 Å². The van der Waals surface area contributed by atoms with Crippen LogP contribution in [0.4, 0.5) is 0 Å². The molecule has 2 unspecified atom stereocenters. The fraction of sp³-hybridized carbons (Fsp3) is 1.00. The Labute approximate surface area is 153 Å². The van der Waals surface area contributed by atoms with Crippen molar-refractivity contribution in [2.45, 2.75) is 132 Å². The smallest absolute Gasteiger partial charge is 0.0790 e. The molecule has 0 aromatic heterocycles. The van der Waals surface area contributed by atoms with E-state index in [1.807, 2.05) is 0 Å². The van der Waals surface area contributed by atoms with Gasteiger partial charge in [-0.05, 0) is 50.4 Å². The minimum absolute atomic E-state index is 0.0357. The summed E-state index contributed by atoms with van der Waals surface area (Å²) in [7, 11) is 0. The topological polar surface area (TPSA) is 24.7 Å². The lowest BCUT2D eigenvalue weighted by Gasteiger charge is -2.38. The fourth-order valence-electron chi connectivity index (χ4n) is 3.54. The van der Waals surface area contributed by atoms with Gasteiger partial charge >= 0.3 is 0 Å². The predicted octanol–water partition coefficient (Wildman–Crippen LogP) is 8.21. The molecule has 0 heterocycles. The molecule has 0 saturated heterocycles. The molecule has 0 aliphatic rings. The molecule has 0 rings (SSSR count). The molecule has 0 saturated carbocycles. The number of hydrogen-bond donors (Lipinski definition) is 0. The van der Waals surface area contributed by atoms with E-state index < -0.39 is 0 Å². The van der Waals surface area contributed by atoms with Gasteiger partial charge < -0.3 is 0 Å². The third kappa shape index (κ3) is 6.84. The molecule has 2 nitrogen and oxygen atoms in total. The maximum atomic E-state index is 4.98. The van der Waals surface area contributed by atoms with Crippen LogP contribution < -0.4 is 0 Å². The molecule has 0 N–H and O–H groups in total. The van der Waals surface area contributed by atoms with Gasteiger partial charge in [-0.25, -0.2) is 0 Å². The van der Waals surface area contributed by atoms with Crippen molar-refractivity contribution in [3.63, 3.8) is 0 Å². The largest absolute Gasteiger partial charge is 0.187 e. The van der Waals surface area contributed by atoms with Crippen LogP contribution in [-0.2, 0) is 0 Å². The van der Waals surface area contributed by atoms with E-state index in [2.05, 4.69) is 69.2 Å². The van der Waals surface area contributed by atoms with Gasteiger partial charge in [0.15, 0.2) is 0 Å². The summed E-state index contributed by atoms with van der Waals surface area (Å²) in [5.74, 6) is 0. The third-order valence-corrected chi connectivity index (χ3v) is 7.09. The second-order valence-corrected chi connectivity index (χ2v) is 9.29. The van der Waals surface area contributed by atoms with E-state index in [1.54, 1.807) is 0 Å². The van der Waals surface area contributed by atoms with Crippen molar-refractivity contribution in [1.29, 1.82) is 0 Å². The Morgan fingerprint density at radius 1 is 0.458 bits per heavy atom. The maximum Gasteiger partial charge on any atom is 0.0790 e. The lowest BCUT2D eigenvalue weighted by atomic mass is 9.73. The van der Waals surface area contributed by atoms with Gasteiger partial charge in [0.2, 0.25) is 0 Å². The summed E-state index contributed by atoms with van der Waals surface area (Å²) in [4.78, 5) is 0. The Morgan fingerprint density at radius 2 is 0.708 bits per heavy atom. The SMILES string of the molecule is CCC(C)(CC)CC(C)(CC)/N=N/C(C)(CC)CC(C)(CC)CC. The van der Waals surface area contributed by atoms with Crippen molar-refractivity contribution >= 4 is 0 Å². The summed E-state index contributed by atoms with van der Waals surface area (Å²) < 4.78 is 0. The first kappa shape index (κ1) is 23.6. The van der Waals surface area contributed by atoms with Crippen LogP contribution in [0.5, 0.6) is 0 Å². The van der Waals surface area contributed by atoms with E-state index in [-0.39, 0.29) is 11.1 Å². The highest BCUT2D eigenvalue weighted by Gasteiger charge is 2.35. The molecule has 0 aliphatic carbocycles.